The summed E-state index contributed by atoms with van der Waals surface area (Å²) in [4.78, 5) is 24.4. The van der Waals surface area contributed by atoms with Crippen LogP contribution >= 0.6 is 11.8 Å². The van der Waals surface area contributed by atoms with Crippen LogP contribution in [0, 0.1) is 0 Å². The van der Waals surface area contributed by atoms with Crippen LogP contribution in [-0.4, -0.2) is 36.2 Å². The summed E-state index contributed by atoms with van der Waals surface area (Å²) < 4.78 is 8.95. The van der Waals surface area contributed by atoms with E-state index >= 15 is 0 Å². The molecule has 1 amide bonds. The summed E-state index contributed by atoms with van der Waals surface area (Å²) in [5.41, 5.74) is 1.15. The normalized spacial score (nSPS) is 10.7. The smallest absolute Gasteiger partial charge is 0.271 e. The van der Waals surface area contributed by atoms with E-state index in [1.807, 2.05) is 60.0 Å². The lowest BCUT2D eigenvalue weighted by molar-refractivity contribution is -0.113. The van der Waals surface area contributed by atoms with Crippen molar-refractivity contribution in [2.45, 2.75) is 25.2 Å². The molecule has 2 aromatic heterocycles. The van der Waals surface area contributed by atoms with Gasteiger partial charge in [0, 0.05) is 24.4 Å². The summed E-state index contributed by atoms with van der Waals surface area (Å²) in [6.45, 7) is 2.71. The maximum absolute atomic E-state index is 12.2. The van der Waals surface area contributed by atoms with Crippen molar-refractivity contribution in [3.63, 3.8) is 0 Å². The molecule has 0 bridgehead atoms. The van der Waals surface area contributed by atoms with Crippen molar-refractivity contribution in [3.05, 3.63) is 89.0 Å². The topological polar surface area (TPSA) is 104 Å². The first-order valence-corrected chi connectivity index (χ1v) is 11.3. The number of para-hydroxylation sites is 2. The number of hydrogen-bond donors (Lipinski definition) is 1. The van der Waals surface area contributed by atoms with Crippen LogP contribution in [0.1, 0.15) is 12.7 Å². The second kappa shape index (κ2) is 10.6. The van der Waals surface area contributed by atoms with Crippen molar-refractivity contribution in [1.82, 2.24) is 24.5 Å². The lowest BCUT2D eigenvalue weighted by atomic mass is 10.3. The van der Waals surface area contributed by atoms with Gasteiger partial charge in [0.1, 0.15) is 6.61 Å². The fraction of sp³-hybridized carbons (Fsp3) is 0.174. The lowest BCUT2D eigenvalue weighted by Gasteiger charge is -2.10. The molecule has 2 aromatic carbocycles. The van der Waals surface area contributed by atoms with Crippen LogP contribution in [-0.2, 0) is 17.9 Å². The Bertz CT molecular complexity index is 1270. The lowest BCUT2D eigenvalue weighted by Crippen LogP contribution is -2.20. The molecule has 2 heterocycles. The Morgan fingerprint density at radius 3 is 2.45 bits per heavy atom. The molecule has 4 rings (SSSR count). The monoisotopic (exact) mass is 462 g/mol. The molecule has 0 spiro atoms. The van der Waals surface area contributed by atoms with Crippen molar-refractivity contribution in [2.75, 3.05) is 11.1 Å². The van der Waals surface area contributed by atoms with Gasteiger partial charge in [0.25, 0.3) is 5.56 Å². The molecule has 0 saturated carbocycles. The van der Waals surface area contributed by atoms with E-state index in [0.717, 1.165) is 5.69 Å². The molecule has 0 aliphatic rings. The summed E-state index contributed by atoms with van der Waals surface area (Å²) in [7, 11) is 0. The van der Waals surface area contributed by atoms with E-state index in [1.165, 1.54) is 28.6 Å². The van der Waals surface area contributed by atoms with Gasteiger partial charge in [-0.1, -0.05) is 48.2 Å². The molecule has 1 N–H and O–H groups in total. The average molecular weight is 463 g/mol. The molecule has 0 aliphatic heterocycles. The van der Waals surface area contributed by atoms with Gasteiger partial charge in [-0.2, -0.15) is 4.68 Å². The number of aromatic nitrogens is 5. The van der Waals surface area contributed by atoms with Gasteiger partial charge in [0.05, 0.1) is 11.4 Å². The average Bonchev–Trinajstić information content (AvgIpc) is 3.25. The molecular formula is C23H22N6O3S. The van der Waals surface area contributed by atoms with E-state index in [4.69, 9.17) is 4.74 Å². The molecule has 0 radical (unpaired) electrons. The number of amides is 1. The number of benzene rings is 2. The minimum atomic E-state index is -0.252. The first-order chi connectivity index (χ1) is 16.1. The largest absolute Gasteiger partial charge is 0.468 e. The van der Waals surface area contributed by atoms with E-state index in [9.17, 15) is 9.59 Å². The van der Waals surface area contributed by atoms with E-state index in [0.29, 0.717) is 29.1 Å². The van der Waals surface area contributed by atoms with Gasteiger partial charge in [-0.05, 0) is 31.2 Å². The molecule has 0 aliphatic carbocycles. The number of carbonyl (C=O) groups excluding carboxylic acids is 1. The van der Waals surface area contributed by atoms with Crippen LogP contribution in [0.5, 0.6) is 5.88 Å². The number of thioether (sulfide) groups is 1. The predicted octanol–water partition coefficient (Wildman–Crippen LogP) is 3.15. The zero-order chi connectivity index (χ0) is 23.0. The minimum absolute atomic E-state index is 0.123. The molecule has 4 aromatic rings. The molecule has 0 unspecified atom stereocenters. The molecule has 10 heteroatoms. The van der Waals surface area contributed by atoms with E-state index in [2.05, 4.69) is 20.6 Å². The quantitative estimate of drug-likeness (QED) is 0.381. The Labute approximate surface area is 194 Å². The van der Waals surface area contributed by atoms with Crippen LogP contribution in [0.2, 0.25) is 0 Å². The molecule has 0 atom stereocenters. The molecule has 168 valence electrons. The molecule has 0 fully saturated rings. The Kier molecular flexibility index (Phi) is 7.16. The van der Waals surface area contributed by atoms with Gasteiger partial charge >= 0.3 is 0 Å². The first kappa shape index (κ1) is 22.3. The number of nitrogens with zero attached hydrogens (tertiary/aromatic N) is 5. The van der Waals surface area contributed by atoms with Gasteiger partial charge in [-0.15, -0.1) is 15.3 Å². The maximum Gasteiger partial charge on any atom is 0.271 e. The van der Waals surface area contributed by atoms with Crippen molar-refractivity contribution in [3.8, 4) is 11.6 Å². The number of ether oxygens (including phenoxy) is 1. The van der Waals surface area contributed by atoms with Crippen LogP contribution in [0.4, 0.5) is 5.69 Å². The summed E-state index contributed by atoms with van der Waals surface area (Å²) >= 11 is 1.30. The van der Waals surface area contributed by atoms with Gasteiger partial charge in [-0.3, -0.25) is 9.59 Å². The van der Waals surface area contributed by atoms with Gasteiger partial charge < -0.3 is 14.6 Å². The standard InChI is InChI=1S/C23H22N6O3S/c1-2-28-19(25-26-23(28)33-16-20(30)24-17-9-5-3-6-10-17)15-32-21-13-14-22(31)29(27-21)18-11-7-4-8-12-18/h3-14H,2,15-16H2,1H3,(H,24,30). The van der Waals surface area contributed by atoms with Crippen molar-refractivity contribution in [1.29, 1.82) is 0 Å². The van der Waals surface area contributed by atoms with Gasteiger partial charge in [-0.25, -0.2) is 0 Å². The SMILES string of the molecule is CCn1c(COc2ccc(=O)n(-c3ccccc3)n2)nnc1SCC(=O)Nc1ccccc1. The van der Waals surface area contributed by atoms with Crippen LogP contribution < -0.4 is 15.6 Å². The first-order valence-electron chi connectivity index (χ1n) is 10.3. The molecule has 0 saturated heterocycles. The highest BCUT2D eigenvalue weighted by atomic mass is 32.2. The van der Waals surface area contributed by atoms with E-state index < -0.39 is 0 Å². The third kappa shape index (κ3) is 5.66. The van der Waals surface area contributed by atoms with Crippen LogP contribution in [0.15, 0.2) is 82.7 Å². The highest BCUT2D eigenvalue weighted by Gasteiger charge is 2.14. The van der Waals surface area contributed by atoms with Crippen molar-refractivity contribution in [2.24, 2.45) is 0 Å². The second-order valence-electron chi connectivity index (χ2n) is 6.89. The van der Waals surface area contributed by atoms with Gasteiger partial charge in [0.15, 0.2) is 11.0 Å². The number of anilines is 1. The zero-order valence-corrected chi connectivity index (χ0v) is 18.7. The molecule has 9 nitrogen and oxygen atoms in total. The Hall–Kier alpha value is -3.92. The summed E-state index contributed by atoms with van der Waals surface area (Å²) in [5.74, 6) is 0.975. The fourth-order valence-electron chi connectivity index (χ4n) is 3.06. The van der Waals surface area contributed by atoms with Crippen molar-refractivity contribution >= 4 is 23.4 Å². The third-order valence-electron chi connectivity index (χ3n) is 4.63. The zero-order valence-electron chi connectivity index (χ0n) is 17.9. The highest BCUT2D eigenvalue weighted by molar-refractivity contribution is 7.99. The molecular weight excluding hydrogens is 440 g/mol. The summed E-state index contributed by atoms with van der Waals surface area (Å²) in [6, 6.07) is 21.4. The highest BCUT2D eigenvalue weighted by Crippen LogP contribution is 2.19. The third-order valence-corrected chi connectivity index (χ3v) is 5.59. The predicted molar refractivity (Wildman–Crippen MR) is 126 cm³/mol. The Morgan fingerprint density at radius 1 is 1.00 bits per heavy atom. The van der Waals surface area contributed by atoms with Crippen molar-refractivity contribution < 1.29 is 9.53 Å². The number of hydrogen-bond acceptors (Lipinski definition) is 7. The number of rotatable bonds is 9. The van der Waals surface area contributed by atoms with Crippen LogP contribution in [0.3, 0.4) is 0 Å². The van der Waals surface area contributed by atoms with E-state index in [-0.39, 0.29) is 23.8 Å². The van der Waals surface area contributed by atoms with Gasteiger partial charge in [0.2, 0.25) is 11.8 Å². The summed E-state index contributed by atoms with van der Waals surface area (Å²) in [5, 5.41) is 16.2. The fourth-order valence-corrected chi connectivity index (χ4v) is 3.88. The second-order valence-corrected chi connectivity index (χ2v) is 7.83. The van der Waals surface area contributed by atoms with E-state index in [1.54, 1.807) is 12.1 Å². The maximum atomic E-state index is 12.2. The Balaban J connectivity index is 1.39. The Morgan fingerprint density at radius 2 is 1.73 bits per heavy atom. The van der Waals surface area contributed by atoms with Crippen LogP contribution in [0.25, 0.3) is 5.69 Å². The number of carbonyl (C=O) groups is 1. The minimum Gasteiger partial charge on any atom is -0.468 e. The number of nitrogens with one attached hydrogen (secondary N) is 1. The summed E-state index contributed by atoms with van der Waals surface area (Å²) in [6.07, 6.45) is 0. The molecule has 33 heavy (non-hydrogen) atoms.